The molecule has 0 aromatic carbocycles. The Hall–Kier alpha value is -0.520. The van der Waals surface area contributed by atoms with E-state index in [1.165, 1.54) is 13.5 Å². The van der Waals surface area contributed by atoms with E-state index < -0.39 is 0 Å². The fourth-order valence-corrected chi connectivity index (χ4v) is 4.77. The van der Waals surface area contributed by atoms with Gasteiger partial charge in [0.1, 0.15) is 0 Å². The zero-order valence-electron chi connectivity index (χ0n) is 15.7. The lowest BCUT2D eigenvalue weighted by Crippen LogP contribution is -2.21. The molecule has 0 bridgehead atoms. The number of allylic oxidation sites excluding steroid dienone is 1. The van der Waals surface area contributed by atoms with Crippen molar-refractivity contribution in [2.45, 2.75) is 82.0 Å². The maximum absolute atomic E-state index is 11.1. The van der Waals surface area contributed by atoms with E-state index in [9.17, 15) is 9.90 Å². The van der Waals surface area contributed by atoms with Gasteiger partial charge in [-0.25, -0.2) is 0 Å². The van der Waals surface area contributed by atoms with Crippen molar-refractivity contribution in [3.63, 3.8) is 0 Å². The Morgan fingerprint density at radius 3 is 2.60 bits per heavy atom. The van der Waals surface area contributed by atoms with Crippen LogP contribution in [0.5, 0.6) is 0 Å². The number of carbonyl (C=O) groups excluding carboxylic acids is 1. The van der Waals surface area contributed by atoms with Gasteiger partial charge in [-0.2, -0.15) is 11.8 Å². The summed E-state index contributed by atoms with van der Waals surface area (Å²) >= 11 is 1.90. The largest absolute Gasteiger partial charge is 0.469 e. The maximum atomic E-state index is 11.1. The first-order valence-electron chi connectivity index (χ1n) is 9.83. The quantitative estimate of drug-likeness (QED) is 0.273. The predicted molar refractivity (Wildman–Crippen MR) is 105 cm³/mol. The first-order chi connectivity index (χ1) is 12.2. The molecule has 0 spiro atoms. The molecule has 0 aromatic heterocycles. The van der Waals surface area contributed by atoms with E-state index in [2.05, 4.69) is 16.9 Å². The molecule has 2 N–H and O–H groups in total. The highest BCUT2D eigenvalue weighted by Gasteiger charge is 2.33. The van der Waals surface area contributed by atoms with Gasteiger partial charge in [0, 0.05) is 29.9 Å². The number of ether oxygens (including phenoxy) is 1. The molecule has 1 fully saturated rings. The molecule has 0 aromatic rings. The lowest BCUT2D eigenvalue weighted by atomic mass is 9.94. The smallest absolute Gasteiger partial charge is 0.305 e. The SMILES string of the molecule is COC(=O)CCCCCC[C@@H]1SC[C@H](O)[C@@H]1C=CCCCCCCO. The van der Waals surface area contributed by atoms with Crippen LogP contribution in [0.3, 0.4) is 0 Å². The number of rotatable bonds is 14. The standard InChI is InChI=1S/C20H36O4S/c1-24-20(23)14-10-6-5-9-13-19-17(18(22)16-25-19)12-8-4-2-3-7-11-15-21/h8,12,17-19,21-22H,2-7,9-11,13-16H2,1H3/t17-,18-,19-/m0/s1. The Morgan fingerprint density at radius 1 is 1.12 bits per heavy atom. The van der Waals surface area contributed by atoms with Crippen molar-refractivity contribution in [3.05, 3.63) is 12.2 Å². The maximum Gasteiger partial charge on any atom is 0.305 e. The number of unbranched alkanes of at least 4 members (excludes halogenated alkanes) is 7. The summed E-state index contributed by atoms with van der Waals surface area (Å²) in [5.74, 6) is 1.02. The Kier molecular flexibility index (Phi) is 13.2. The zero-order chi connectivity index (χ0) is 18.3. The second-order valence-electron chi connectivity index (χ2n) is 6.90. The van der Waals surface area contributed by atoms with Crippen LogP contribution in [-0.4, -0.2) is 47.0 Å². The Morgan fingerprint density at radius 2 is 1.84 bits per heavy atom. The minimum atomic E-state index is -0.208. The normalized spacial score (nSPS) is 23.4. The molecule has 3 atom stereocenters. The van der Waals surface area contributed by atoms with E-state index in [-0.39, 0.29) is 18.0 Å². The predicted octanol–water partition coefficient (Wildman–Crippen LogP) is 4.09. The number of carbonyl (C=O) groups is 1. The molecule has 1 heterocycles. The van der Waals surface area contributed by atoms with Gasteiger partial charge in [0.2, 0.25) is 0 Å². The summed E-state index contributed by atoms with van der Waals surface area (Å²) in [5.41, 5.74) is 0. The third kappa shape index (κ3) is 10.3. The molecule has 146 valence electrons. The van der Waals surface area contributed by atoms with E-state index >= 15 is 0 Å². The van der Waals surface area contributed by atoms with E-state index in [4.69, 9.17) is 5.11 Å². The van der Waals surface area contributed by atoms with Gasteiger partial charge in [-0.3, -0.25) is 4.79 Å². The van der Waals surface area contributed by atoms with Crippen molar-refractivity contribution in [3.8, 4) is 0 Å². The van der Waals surface area contributed by atoms with Gasteiger partial charge < -0.3 is 14.9 Å². The molecule has 1 aliphatic rings. The molecule has 5 heteroatoms. The number of thioether (sulfide) groups is 1. The van der Waals surface area contributed by atoms with E-state index in [0.717, 1.165) is 63.5 Å². The van der Waals surface area contributed by atoms with Gasteiger partial charge in [-0.15, -0.1) is 0 Å². The summed E-state index contributed by atoms with van der Waals surface area (Å²) in [5, 5.41) is 19.5. The minimum absolute atomic E-state index is 0.115. The van der Waals surface area contributed by atoms with Gasteiger partial charge in [0.05, 0.1) is 13.2 Å². The number of aliphatic hydroxyl groups excluding tert-OH is 2. The van der Waals surface area contributed by atoms with Crippen LogP contribution in [0.2, 0.25) is 0 Å². The molecular formula is C20H36O4S. The van der Waals surface area contributed by atoms with Crippen molar-refractivity contribution in [1.82, 2.24) is 0 Å². The van der Waals surface area contributed by atoms with Gasteiger partial charge >= 0.3 is 5.97 Å². The lowest BCUT2D eigenvalue weighted by Gasteiger charge is -2.17. The first-order valence-corrected chi connectivity index (χ1v) is 10.9. The molecule has 0 saturated carbocycles. The summed E-state index contributed by atoms with van der Waals surface area (Å²) in [6.07, 6.45) is 15.6. The fraction of sp³-hybridized carbons (Fsp3) is 0.850. The van der Waals surface area contributed by atoms with Crippen molar-refractivity contribution >= 4 is 17.7 Å². The second-order valence-corrected chi connectivity index (χ2v) is 8.17. The number of hydrogen-bond acceptors (Lipinski definition) is 5. The van der Waals surface area contributed by atoms with Crippen molar-refractivity contribution in [2.75, 3.05) is 19.5 Å². The van der Waals surface area contributed by atoms with Gasteiger partial charge in [0.15, 0.2) is 0 Å². The second kappa shape index (κ2) is 14.6. The fourth-order valence-electron chi connectivity index (χ4n) is 3.27. The van der Waals surface area contributed by atoms with Crippen LogP contribution in [-0.2, 0) is 9.53 Å². The van der Waals surface area contributed by atoms with Crippen LogP contribution in [0.4, 0.5) is 0 Å². The zero-order valence-corrected chi connectivity index (χ0v) is 16.5. The van der Waals surface area contributed by atoms with Crippen LogP contribution in [0, 0.1) is 5.92 Å². The highest BCUT2D eigenvalue weighted by Crippen LogP contribution is 2.37. The summed E-state index contributed by atoms with van der Waals surface area (Å²) in [6.45, 7) is 0.297. The summed E-state index contributed by atoms with van der Waals surface area (Å²) in [4.78, 5) is 11.1. The van der Waals surface area contributed by atoms with Crippen LogP contribution in [0.25, 0.3) is 0 Å². The topological polar surface area (TPSA) is 66.8 Å². The third-order valence-corrected chi connectivity index (χ3v) is 6.35. The minimum Gasteiger partial charge on any atom is -0.469 e. The summed E-state index contributed by atoms with van der Waals surface area (Å²) in [7, 11) is 1.44. The molecule has 0 amide bonds. The Labute approximate surface area is 157 Å². The Balaban J connectivity index is 2.14. The van der Waals surface area contributed by atoms with Crippen molar-refractivity contribution < 1.29 is 19.7 Å². The van der Waals surface area contributed by atoms with Gasteiger partial charge in [-0.05, 0) is 32.1 Å². The molecule has 1 rings (SSSR count). The van der Waals surface area contributed by atoms with Gasteiger partial charge in [0.25, 0.3) is 0 Å². The number of hydrogen-bond donors (Lipinski definition) is 2. The highest BCUT2D eigenvalue weighted by molar-refractivity contribution is 8.00. The summed E-state index contributed by atoms with van der Waals surface area (Å²) in [6, 6.07) is 0. The number of esters is 1. The molecule has 0 unspecified atom stereocenters. The first kappa shape index (κ1) is 22.5. The van der Waals surface area contributed by atoms with Gasteiger partial charge in [-0.1, -0.05) is 44.3 Å². The lowest BCUT2D eigenvalue weighted by molar-refractivity contribution is -0.140. The molecule has 0 radical (unpaired) electrons. The Bertz CT molecular complexity index is 373. The van der Waals surface area contributed by atoms with Crippen LogP contribution in [0.15, 0.2) is 12.2 Å². The highest BCUT2D eigenvalue weighted by atomic mass is 32.2. The van der Waals surface area contributed by atoms with E-state index in [1.54, 1.807) is 0 Å². The monoisotopic (exact) mass is 372 g/mol. The van der Waals surface area contributed by atoms with Crippen LogP contribution < -0.4 is 0 Å². The van der Waals surface area contributed by atoms with E-state index in [1.807, 2.05) is 11.8 Å². The summed E-state index contributed by atoms with van der Waals surface area (Å²) < 4.78 is 4.65. The van der Waals surface area contributed by atoms with E-state index in [0.29, 0.717) is 18.3 Å². The van der Waals surface area contributed by atoms with Crippen molar-refractivity contribution in [1.29, 1.82) is 0 Å². The number of methoxy groups -OCH3 is 1. The van der Waals surface area contributed by atoms with Crippen molar-refractivity contribution in [2.24, 2.45) is 5.92 Å². The molecule has 1 saturated heterocycles. The average Bonchev–Trinajstić information content (AvgIpc) is 2.97. The molecular weight excluding hydrogens is 336 g/mol. The average molecular weight is 373 g/mol. The molecule has 4 nitrogen and oxygen atoms in total. The van der Waals surface area contributed by atoms with Crippen LogP contribution in [0.1, 0.15) is 70.6 Å². The number of aliphatic hydroxyl groups is 2. The van der Waals surface area contributed by atoms with Crippen LogP contribution >= 0.6 is 11.8 Å². The molecule has 1 aliphatic heterocycles. The molecule has 0 aliphatic carbocycles. The third-order valence-electron chi connectivity index (χ3n) is 4.84. The molecule has 25 heavy (non-hydrogen) atoms.